The van der Waals surface area contributed by atoms with Crippen molar-refractivity contribution in [2.75, 3.05) is 27.4 Å². The first-order chi connectivity index (χ1) is 14.4. The number of Topliss-reactive ketones (excluding diaryl/α,β-unsaturated/α-hetero) is 1. The Morgan fingerprint density at radius 3 is 2.57 bits per heavy atom. The van der Waals surface area contributed by atoms with E-state index in [1.54, 1.807) is 25.3 Å². The Labute approximate surface area is 173 Å². The summed E-state index contributed by atoms with van der Waals surface area (Å²) in [6.45, 7) is 2.32. The zero-order valence-corrected chi connectivity index (χ0v) is 16.9. The molecule has 8 heteroatoms. The van der Waals surface area contributed by atoms with Gasteiger partial charge in [-0.1, -0.05) is 18.2 Å². The SMILES string of the molecule is COCCOc1ccc2c(c1)CC(C(=O)OC)=C2C(=O)c1cccc([N+](=O)[O-])c1C. The van der Waals surface area contributed by atoms with E-state index in [1.165, 1.54) is 32.2 Å². The van der Waals surface area contributed by atoms with Gasteiger partial charge in [0.2, 0.25) is 0 Å². The molecule has 156 valence electrons. The zero-order chi connectivity index (χ0) is 21.8. The van der Waals surface area contributed by atoms with Crippen molar-refractivity contribution in [1.82, 2.24) is 0 Å². The summed E-state index contributed by atoms with van der Waals surface area (Å²) in [5.41, 5.74) is 2.02. The minimum absolute atomic E-state index is 0.152. The Kier molecular flexibility index (Phi) is 6.27. The van der Waals surface area contributed by atoms with Gasteiger partial charge in [-0.2, -0.15) is 0 Å². The van der Waals surface area contributed by atoms with Crippen molar-refractivity contribution in [3.63, 3.8) is 0 Å². The highest BCUT2D eigenvalue weighted by molar-refractivity contribution is 6.34. The van der Waals surface area contributed by atoms with Crippen LogP contribution in [0.15, 0.2) is 42.0 Å². The lowest BCUT2D eigenvalue weighted by molar-refractivity contribution is -0.385. The van der Waals surface area contributed by atoms with Crippen molar-refractivity contribution < 1.29 is 28.7 Å². The van der Waals surface area contributed by atoms with Gasteiger partial charge < -0.3 is 14.2 Å². The number of hydrogen-bond acceptors (Lipinski definition) is 7. The molecular weight excluding hydrogens is 390 g/mol. The van der Waals surface area contributed by atoms with E-state index in [9.17, 15) is 19.7 Å². The molecule has 1 aliphatic carbocycles. The molecule has 0 unspecified atom stereocenters. The number of methoxy groups -OCH3 is 2. The van der Waals surface area contributed by atoms with Crippen LogP contribution in [0.3, 0.4) is 0 Å². The van der Waals surface area contributed by atoms with Crippen molar-refractivity contribution in [3.05, 3.63) is 74.3 Å². The maximum atomic E-state index is 13.4. The molecule has 0 fully saturated rings. The monoisotopic (exact) mass is 411 g/mol. The van der Waals surface area contributed by atoms with Crippen LogP contribution in [-0.4, -0.2) is 44.1 Å². The number of rotatable bonds is 8. The van der Waals surface area contributed by atoms with E-state index in [0.29, 0.717) is 24.5 Å². The smallest absolute Gasteiger partial charge is 0.334 e. The van der Waals surface area contributed by atoms with E-state index in [1.807, 2.05) is 0 Å². The number of esters is 1. The summed E-state index contributed by atoms with van der Waals surface area (Å²) in [5.74, 6) is -0.474. The van der Waals surface area contributed by atoms with Gasteiger partial charge in [-0.25, -0.2) is 4.79 Å². The number of ether oxygens (including phenoxy) is 3. The number of nitrogens with zero attached hydrogens (tertiary/aromatic N) is 1. The van der Waals surface area contributed by atoms with Gasteiger partial charge in [-0.3, -0.25) is 14.9 Å². The van der Waals surface area contributed by atoms with Crippen LogP contribution in [0.4, 0.5) is 5.69 Å². The number of nitro benzene ring substituents is 1. The second-order valence-electron chi connectivity index (χ2n) is 6.72. The zero-order valence-electron chi connectivity index (χ0n) is 16.9. The van der Waals surface area contributed by atoms with Crippen molar-refractivity contribution in [2.24, 2.45) is 0 Å². The normalized spacial score (nSPS) is 12.5. The van der Waals surface area contributed by atoms with Gasteiger partial charge in [0.05, 0.1) is 24.2 Å². The largest absolute Gasteiger partial charge is 0.491 e. The first-order valence-corrected chi connectivity index (χ1v) is 9.24. The van der Waals surface area contributed by atoms with E-state index < -0.39 is 16.7 Å². The summed E-state index contributed by atoms with van der Waals surface area (Å²) in [4.78, 5) is 36.5. The molecule has 0 amide bonds. The van der Waals surface area contributed by atoms with E-state index in [0.717, 1.165) is 5.56 Å². The van der Waals surface area contributed by atoms with Crippen molar-refractivity contribution in [3.8, 4) is 5.75 Å². The van der Waals surface area contributed by atoms with Crippen LogP contribution in [0, 0.1) is 17.0 Å². The lowest BCUT2D eigenvalue weighted by Gasteiger charge is -2.11. The summed E-state index contributed by atoms with van der Waals surface area (Å²) in [7, 11) is 2.82. The molecule has 0 aliphatic heterocycles. The summed E-state index contributed by atoms with van der Waals surface area (Å²) in [6.07, 6.45) is 0.207. The highest BCUT2D eigenvalue weighted by Crippen LogP contribution is 2.38. The molecule has 0 atom stereocenters. The van der Waals surface area contributed by atoms with Gasteiger partial charge in [0.1, 0.15) is 12.4 Å². The van der Waals surface area contributed by atoms with Gasteiger partial charge in [0.15, 0.2) is 5.78 Å². The van der Waals surface area contributed by atoms with Crippen LogP contribution in [0.2, 0.25) is 0 Å². The van der Waals surface area contributed by atoms with Crippen LogP contribution in [0.25, 0.3) is 5.57 Å². The Bertz CT molecular complexity index is 1060. The molecular formula is C22H21NO7. The summed E-state index contributed by atoms with van der Waals surface area (Å²) < 4.78 is 15.5. The number of hydrogen-bond donors (Lipinski definition) is 0. The van der Waals surface area contributed by atoms with E-state index in [2.05, 4.69) is 0 Å². The Balaban J connectivity index is 2.05. The molecule has 0 bridgehead atoms. The fourth-order valence-corrected chi connectivity index (χ4v) is 3.49. The first-order valence-electron chi connectivity index (χ1n) is 9.24. The maximum absolute atomic E-state index is 13.4. The molecule has 0 saturated heterocycles. The number of ketones is 1. The predicted molar refractivity (Wildman–Crippen MR) is 109 cm³/mol. The maximum Gasteiger partial charge on any atom is 0.334 e. The minimum atomic E-state index is -0.612. The number of fused-ring (bicyclic) bond motifs is 1. The third-order valence-corrected chi connectivity index (χ3v) is 4.98. The average molecular weight is 411 g/mol. The fraction of sp³-hybridized carbons (Fsp3) is 0.273. The van der Waals surface area contributed by atoms with Gasteiger partial charge in [-0.15, -0.1) is 0 Å². The van der Waals surface area contributed by atoms with Crippen molar-refractivity contribution >= 4 is 23.0 Å². The second-order valence-corrected chi connectivity index (χ2v) is 6.72. The third-order valence-electron chi connectivity index (χ3n) is 4.98. The Hall–Kier alpha value is -3.52. The predicted octanol–water partition coefficient (Wildman–Crippen LogP) is 3.29. The molecule has 0 spiro atoms. The highest BCUT2D eigenvalue weighted by atomic mass is 16.6. The summed E-state index contributed by atoms with van der Waals surface area (Å²) in [6, 6.07) is 9.52. The van der Waals surface area contributed by atoms with Gasteiger partial charge in [0, 0.05) is 36.3 Å². The van der Waals surface area contributed by atoms with Crippen molar-refractivity contribution in [1.29, 1.82) is 0 Å². The molecule has 0 saturated carbocycles. The van der Waals surface area contributed by atoms with Crippen LogP contribution in [-0.2, 0) is 20.7 Å². The fourth-order valence-electron chi connectivity index (χ4n) is 3.49. The molecule has 1 aliphatic rings. The first kappa shape index (κ1) is 21.2. The average Bonchev–Trinajstić information content (AvgIpc) is 3.11. The lowest BCUT2D eigenvalue weighted by atomic mass is 9.93. The summed E-state index contributed by atoms with van der Waals surface area (Å²) in [5, 5.41) is 11.3. The van der Waals surface area contributed by atoms with Gasteiger partial charge in [-0.05, 0) is 30.2 Å². The number of carbonyl (C=O) groups excluding carboxylic acids is 2. The molecule has 0 radical (unpaired) electrons. The van der Waals surface area contributed by atoms with Crippen LogP contribution < -0.4 is 4.74 Å². The van der Waals surface area contributed by atoms with E-state index in [4.69, 9.17) is 14.2 Å². The topological polar surface area (TPSA) is 105 Å². The molecule has 0 N–H and O–H groups in total. The number of nitro groups is 1. The Morgan fingerprint density at radius 1 is 1.13 bits per heavy atom. The van der Waals surface area contributed by atoms with Crippen molar-refractivity contribution in [2.45, 2.75) is 13.3 Å². The van der Waals surface area contributed by atoms with E-state index in [-0.39, 0.29) is 34.4 Å². The number of carbonyl (C=O) groups is 2. The minimum Gasteiger partial charge on any atom is -0.491 e. The molecule has 2 aromatic rings. The molecule has 3 rings (SSSR count). The summed E-state index contributed by atoms with van der Waals surface area (Å²) >= 11 is 0. The molecule has 0 heterocycles. The molecule has 8 nitrogen and oxygen atoms in total. The van der Waals surface area contributed by atoms with E-state index >= 15 is 0 Å². The Morgan fingerprint density at radius 2 is 1.90 bits per heavy atom. The van der Waals surface area contributed by atoms with Gasteiger partial charge >= 0.3 is 5.97 Å². The van der Waals surface area contributed by atoms with Gasteiger partial charge in [0.25, 0.3) is 5.69 Å². The number of allylic oxidation sites excluding steroid dienone is 1. The van der Waals surface area contributed by atoms with Crippen LogP contribution in [0.1, 0.15) is 27.0 Å². The third kappa shape index (κ3) is 3.95. The number of benzene rings is 2. The second kappa shape index (κ2) is 8.87. The standard InChI is InChI=1S/C22H21NO7/c1-13-16(5-4-6-19(13)23(26)27)21(24)20-17-8-7-15(30-10-9-28-2)11-14(17)12-18(20)22(25)29-3/h4-8,11H,9-10,12H2,1-3H3. The molecule has 0 aromatic heterocycles. The quantitative estimate of drug-likeness (QED) is 0.216. The molecule has 30 heavy (non-hydrogen) atoms. The van der Waals surface area contributed by atoms with Crippen LogP contribution >= 0.6 is 0 Å². The molecule has 2 aromatic carbocycles. The van der Waals surface area contributed by atoms with Crippen LogP contribution in [0.5, 0.6) is 5.75 Å². The highest BCUT2D eigenvalue weighted by Gasteiger charge is 2.33. The lowest BCUT2D eigenvalue weighted by Crippen LogP contribution is -2.12.